The van der Waals surface area contributed by atoms with Gasteiger partial charge in [0, 0.05) is 12.0 Å². The van der Waals surface area contributed by atoms with Crippen molar-refractivity contribution in [1.82, 2.24) is 0 Å². The fourth-order valence-corrected chi connectivity index (χ4v) is 5.31. The number of aliphatic hydroxyl groups excluding tert-OH is 1. The van der Waals surface area contributed by atoms with Crippen LogP contribution in [0.25, 0.3) is 11.1 Å². The summed E-state index contributed by atoms with van der Waals surface area (Å²) >= 11 is 0. The Hall–Kier alpha value is -3.15. The molecule has 5 rings (SSSR count). The van der Waals surface area contributed by atoms with E-state index >= 15 is 0 Å². The zero-order valence-corrected chi connectivity index (χ0v) is 18.4. The maximum Gasteiger partial charge on any atom is 0.314 e. The van der Waals surface area contributed by atoms with Crippen LogP contribution in [-0.4, -0.2) is 33.5 Å². The average molecular weight is 445 g/mol. The summed E-state index contributed by atoms with van der Waals surface area (Å²) in [5, 5.41) is 32.2. The van der Waals surface area contributed by atoms with Crippen LogP contribution < -0.4 is 4.74 Å². The molecule has 5 heteroatoms. The smallest absolute Gasteiger partial charge is 0.314 e. The highest BCUT2D eigenvalue weighted by Gasteiger charge is 2.46. The molecule has 1 saturated carbocycles. The summed E-state index contributed by atoms with van der Waals surface area (Å²) in [6.07, 6.45) is 2.09. The molecule has 0 saturated heterocycles. The number of rotatable bonds is 5. The quantitative estimate of drug-likeness (QED) is 0.533. The minimum Gasteiger partial charge on any atom is -0.490 e. The first-order valence-corrected chi connectivity index (χ1v) is 11.5. The number of benzene rings is 3. The van der Waals surface area contributed by atoms with Crippen LogP contribution >= 0.6 is 0 Å². The molecule has 1 aliphatic heterocycles. The van der Waals surface area contributed by atoms with Gasteiger partial charge in [-0.15, -0.1) is 0 Å². The van der Waals surface area contributed by atoms with E-state index in [9.17, 15) is 20.1 Å². The summed E-state index contributed by atoms with van der Waals surface area (Å²) in [4.78, 5) is 12.0. The summed E-state index contributed by atoms with van der Waals surface area (Å²) in [7, 11) is 0. The SMILES string of the molecule is O=C(O)C1(c2ccc3c(c2)OC[C@@](O)(Cc2ccc(-c4ccccc4)cc2)[C@H]3O)CCCC1. The number of hydrogen-bond donors (Lipinski definition) is 3. The standard InChI is InChI=1S/C28H28O5/c29-25-23-13-12-22(27(26(30)31)14-4-5-15-27)16-24(23)33-18-28(25,32)17-19-8-10-21(11-9-19)20-6-2-1-3-7-20/h1-3,6-13,16,25,29,32H,4-5,14-15,17-18H2,(H,30,31)/t25-,28-/m0/s1. The molecule has 0 radical (unpaired) electrons. The predicted molar refractivity (Wildman–Crippen MR) is 125 cm³/mol. The molecule has 3 N–H and O–H groups in total. The Morgan fingerprint density at radius 1 is 0.939 bits per heavy atom. The first kappa shape index (κ1) is 21.7. The highest BCUT2D eigenvalue weighted by Crippen LogP contribution is 2.46. The first-order chi connectivity index (χ1) is 15.9. The van der Waals surface area contributed by atoms with Crippen LogP contribution in [0.5, 0.6) is 5.75 Å². The molecule has 1 aliphatic carbocycles. The Bertz CT molecular complexity index is 1150. The zero-order chi connectivity index (χ0) is 23.1. The van der Waals surface area contributed by atoms with Crippen LogP contribution in [0.1, 0.15) is 48.5 Å². The third-order valence-corrected chi connectivity index (χ3v) is 7.29. The number of carboxylic acid groups (broad SMARTS) is 1. The van der Waals surface area contributed by atoms with Crippen LogP contribution in [0.2, 0.25) is 0 Å². The molecule has 2 atom stereocenters. The number of fused-ring (bicyclic) bond motifs is 1. The van der Waals surface area contributed by atoms with Gasteiger partial charge in [-0.2, -0.15) is 0 Å². The van der Waals surface area contributed by atoms with Crippen LogP contribution in [-0.2, 0) is 16.6 Å². The third-order valence-electron chi connectivity index (χ3n) is 7.29. The van der Waals surface area contributed by atoms with E-state index in [1.54, 1.807) is 18.2 Å². The van der Waals surface area contributed by atoms with Gasteiger partial charge in [-0.25, -0.2) is 0 Å². The van der Waals surface area contributed by atoms with Gasteiger partial charge in [0.2, 0.25) is 0 Å². The Labute approximate surface area is 193 Å². The van der Waals surface area contributed by atoms with E-state index in [-0.39, 0.29) is 13.0 Å². The van der Waals surface area contributed by atoms with Gasteiger partial charge in [-0.05, 0) is 41.2 Å². The van der Waals surface area contributed by atoms with Gasteiger partial charge in [0.25, 0.3) is 0 Å². The van der Waals surface area contributed by atoms with Gasteiger partial charge in [-0.3, -0.25) is 4.79 Å². The van der Waals surface area contributed by atoms with Crippen molar-refractivity contribution in [1.29, 1.82) is 0 Å². The lowest BCUT2D eigenvalue weighted by molar-refractivity contribution is -0.143. The second kappa shape index (κ2) is 8.32. The Morgan fingerprint density at radius 3 is 2.27 bits per heavy atom. The lowest BCUT2D eigenvalue weighted by atomic mass is 9.77. The Kier molecular flexibility index (Phi) is 5.47. The number of ether oxygens (including phenoxy) is 1. The van der Waals surface area contributed by atoms with Crippen molar-refractivity contribution in [3.05, 3.63) is 89.5 Å². The molecule has 170 valence electrons. The Morgan fingerprint density at radius 2 is 1.61 bits per heavy atom. The molecule has 0 unspecified atom stereocenters. The molecule has 0 aromatic heterocycles. The summed E-state index contributed by atoms with van der Waals surface area (Å²) in [5.74, 6) is -0.358. The molecular weight excluding hydrogens is 416 g/mol. The van der Waals surface area contributed by atoms with Gasteiger partial charge in [-0.1, -0.05) is 79.6 Å². The van der Waals surface area contributed by atoms with Crippen LogP contribution in [0.3, 0.4) is 0 Å². The normalized spacial score (nSPS) is 23.5. The maximum absolute atomic E-state index is 12.0. The zero-order valence-electron chi connectivity index (χ0n) is 18.4. The van der Waals surface area contributed by atoms with E-state index in [4.69, 9.17) is 4.74 Å². The monoisotopic (exact) mass is 444 g/mol. The van der Waals surface area contributed by atoms with E-state index in [1.165, 1.54) is 0 Å². The summed E-state index contributed by atoms with van der Waals surface area (Å²) in [5.41, 5.74) is 1.94. The van der Waals surface area contributed by atoms with Crippen molar-refractivity contribution >= 4 is 5.97 Å². The van der Waals surface area contributed by atoms with Crippen LogP contribution in [0, 0.1) is 0 Å². The largest absolute Gasteiger partial charge is 0.490 e. The van der Waals surface area contributed by atoms with Gasteiger partial charge in [0.1, 0.15) is 24.1 Å². The molecule has 1 heterocycles. The fourth-order valence-electron chi connectivity index (χ4n) is 5.31. The van der Waals surface area contributed by atoms with E-state index < -0.39 is 23.1 Å². The van der Waals surface area contributed by atoms with Crippen molar-refractivity contribution in [2.75, 3.05) is 6.61 Å². The minimum absolute atomic E-state index is 0.0644. The van der Waals surface area contributed by atoms with E-state index in [0.29, 0.717) is 29.7 Å². The van der Waals surface area contributed by atoms with Gasteiger partial charge in [0.05, 0.1) is 5.41 Å². The van der Waals surface area contributed by atoms with Gasteiger partial charge < -0.3 is 20.1 Å². The van der Waals surface area contributed by atoms with Gasteiger partial charge >= 0.3 is 5.97 Å². The van der Waals surface area contributed by atoms with Crippen molar-refractivity contribution in [3.8, 4) is 16.9 Å². The lowest BCUT2D eigenvalue weighted by Crippen LogP contribution is -2.47. The average Bonchev–Trinajstić information content (AvgIpc) is 3.34. The number of aliphatic hydroxyl groups is 2. The summed E-state index contributed by atoms with van der Waals surface area (Å²) in [6.45, 7) is -0.0644. The molecule has 0 bridgehead atoms. The van der Waals surface area contributed by atoms with Crippen LogP contribution in [0.15, 0.2) is 72.8 Å². The molecule has 3 aromatic carbocycles. The maximum atomic E-state index is 12.0. The van der Waals surface area contributed by atoms with Crippen LogP contribution in [0.4, 0.5) is 0 Å². The number of aliphatic carboxylic acids is 1. The number of hydrogen-bond acceptors (Lipinski definition) is 4. The molecule has 33 heavy (non-hydrogen) atoms. The van der Waals surface area contributed by atoms with Crippen molar-refractivity contribution in [2.45, 2.75) is 49.2 Å². The molecule has 2 aliphatic rings. The van der Waals surface area contributed by atoms with E-state index in [1.807, 2.05) is 54.6 Å². The second-order valence-electron chi connectivity index (χ2n) is 9.38. The third kappa shape index (κ3) is 3.81. The van der Waals surface area contributed by atoms with Crippen molar-refractivity contribution in [3.63, 3.8) is 0 Å². The number of carbonyl (C=O) groups is 1. The molecular formula is C28H28O5. The highest BCUT2D eigenvalue weighted by molar-refractivity contribution is 5.82. The molecule has 5 nitrogen and oxygen atoms in total. The second-order valence-corrected chi connectivity index (χ2v) is 9.38. The summed E-state index contributed by atoms with van der Waals surface area (Å²) in [6, 6.07) is 23.2. The van der Waals surface area contributed by atoms with E-state index in [2.05, 4.69) is 0 Å². The lowest BCUT2D eigenvalue weighted by Gasteiger charge is -2.39. The number of carboxylic acids is 1. The topological polar surface area (TPSA) is 87.0 Å². The molecule has 3 aromatic rings. The molecule has 0 spiro atoms. The Balaban J connectivity index is 1.37. The predicted octanol–water partition coefficient (Wildman–Crippen LogP) is 4.65. The summed E-state index contributed by atoms with van der Waals surface area (Å²) < 4.78 is 5.90. The fraction of sp³-hybridized carbons (Fsp3) is 0.321. The highest BCUT2D eigenvalue weighted by atomic mass is 16.5. The van der Waals surface area contributed by atoms with Crippen molar-refractivity contribution in [2.24, 2.45) is 0 Å². The van der Waals surface area contributed by atoms with Crippen molar-refractivity contribution < 1.29 is 24.9 Å². The molecule has 1 fully saturated rings. The first-order valence-electron chi connectivity index (χ1n) is 11.5. The minimum atomic E-state index is -1.47. The van der Waals surface area contributed by atoms with E-state index in [0.717, 1.165) is 29.5 Å². The van der Waals surface area contributed by atoms with Gasteiger partial charge in [0.15, 0.2) is 0 Å². The molecule has 0 amide bonds.